The van der Waals surface area contributed by atoms with E-state index < -0.39 is 10.0 Å². The lowest BCUT2D eigenvalue weighted by Gasteiger charge is -2.26. The minimum atomic E-state index is -3.76. The van der Waals surface area contributed by atoms with E-state index in [0.717, 1.165) is 11.3 Å². The molecule has 0 radical (unpaired) electrons. The number of carbonyl (C=O) groups excluding carboxylic acids is 2. The first kappa shape index (κ1) is 18.9. The van der Waals surface area contributed by atoms with E-state index in [4.69, 9.17) is 0 Å². The van der Waals surface area contributed by atoms with Crippen LogP contribution >= 0.6 is 0 Å². The fourth-order valence-electron chi connectivity index (χ4n) is 2.90. The number of rotatable bonds is 5. The van der Waals surface area contributed by atoms with Gasteiger partial charge in [-0.2, -0.15) is 0 Å². The van der Waals surface area contributed by atoms with Crippen molar-refractivity contribution in [2.75, 3.05) is 22.0 Å². The van der Waals surface area contributed by atoms with E-state index in [1.807, 2.05) is 0 Å². The first-order chi connectivity index (χ1) is 12.8. The van der Waals surface area contributed by atoms with Crippen LogP contribution in [0, 0.1) is 0 Å². The summed E-state index contributed by atoms with van der Waals surface area (Å²) in [7, 11) is -2.05. The Bertz CT molecular complexity index is 985. The zero-order valence-corrected chi connectivity index (χ0v) is 16.0. The summed E-state index contributed by atoms with van der Waals surface area (Å²) in [5.74, 6) is -0.0904. The van der Waals surface area contributed by atoms with Crippen LogP contribution in [0.25, 0.3) is 0 Å². The molecule has 0 aliphatic carbocycles. The number of nitrogens with zero attached hydrogens (tertiary/aromatic N) is 1. The summed E-state index contributed by atoms with van der Waals surface area (Å²) in [5.41, 5.74) is 2.71. The Hall–Kier alpha value is -2.87. The van der Waals surface area contributed by atoms with Crippen molar-refractivity contribution in [3.8, 4) is 0 Å². The van der Waals surface area contributed by atoms with E-state index in [2.05, 4.69) is 10.0 Å². The first-order valence-electron chi connectivity index (χ1n) is 8.62. The molecule has 0 fully saturated rings. The Morgan fingerprint density at radius 2 is 1.74 bits per heavy atom. The summed E-state index contributed by atoms with van der Waals surface area (Å²) in [4.78, 5) is 24.8. The lowest BCUT2D eigenvalue weighted by molar-refractivity contribution is -0.118. The van der Waals surface area contributed by atoms with Crippen LogP contribution < -0.4 is 14.9 Å². The predicted octanol–water partition coefficient (Wildman–Crippen LogP) is 2.74. The molecule has 0 aromatic heterocycles. The molecule has 0 unspecified atom stereocenters. The largest absolute Gasteiger partial charge is 0.326 e. The van der Waals surface area contributed by atoms with Gasteiger partial charge < -0.3 is 10.2 Å². The molecule has 1 heterocycles. The molecule has 8 heteroatoms. The van der Waals surface area contributed by atoms with Crippen LogP contribution in [0.1, 0.15) is 25.3 Å². The van der Waals surface area contributed by atoms with Crippen molar-refractivity contribution < 1.29 is 18.0 Å². The van der Waals surface area contributed by atoms with E-state index >= 15 is 0 Å². The topological polar surface area (TPSA) is 95.6 Å². The number of fused-ring (bicyclic) bond motifs is 1. The lowest BCUT2D eigenvalue weighted by Crippen LogP contribution is -2.31. The molecule has 7 nitrogen and oxygen atoms in total. The zero-order valence-electron chi connectivity index (χ0n) is 15.2. The number of aryl methyl sites for hydroxylation is 1. The van der Waals surface area contributed by atoms with Crippen LogP contribution in [0.5, 0.6) is 0 Å². The third-order valence-electron chi connectivity index (χ3n) is 4.44. The van der Waals surface area contributed by atoms with Gasteiger partial charge in [-0.05, 0) is 54.4 Å². The second-order valence-corrected chi connectivity index (χ2v) is 8.01. The van der Waals surface area contributed by atoms with Crippen LogP contribution in [-0.4, -0.2) is 27.3 Å². The highest BCUT2D eigenvalue weighted by atomic mass is 32.2. The normalized spacial score (nSPS) is 13.9. The number of carbonyl (C=O) groups is 2. The van der Waals surface area contributed by atoms with Crippen molar-refractivity contribution in [1.29, 1.82) is 0 Å². The molecular weight excluding hydrogens is 366 g/mol. The summed E-state index contributed by atoms with van der Waals surface area (Å²) < 4.78 is 27.8. The Balaban J connectivity index is 1.78. The Morgan fingerprint density at radius 1 is 1.07 bits per heavy atom. The number of nitrogens with one attached hydrogen (secondary N) is 2. The molecule has 2 aromatic rings. The summed E-state index contributed by atoms with van der Waals surface area (Å²) >= 11 is 0. The fraction of sp³-hybridized carbons (Fsp3) is 0.263. The first-order valence-corrected chi connectivity index (χ1v) is 10.1. The number of amides is 2. The summed E-state index contributed by atoms with van der Waals surface area (Å²) in [6.45, 7) is 1.74. The number of anilines is 3. The summed E-state index contributed by atoms with van der Waals surface area (Å²) in [6, 6.07) is 11.1. The maximum Gasteiger partial charge on any atom is 0.261 e. The molecular formula is C19H21N3O4S. The monoisotopic (exact) mass is 387 g/mol. The number of hydrogen-bond donors (Lipinski definition) is 2. The van der Waals surface area contributed by atoms with Gasteiger partial charge in [0.2, 0.25) is 11.8 Å². The molecule has 1 aliphatic heterocycles. The highest BCUT2D eigenvalue weighted by Gasteiger charge is 2.22. The molecule has 2 amide bonds. The highest BCUT2D eigenvalue weighted by Crippen LogP contribution is 2.30. The molecule has 2 N–H and O–H groups in total. The molecule has 0 atom stereocenters. The van der Waals surface area contributed by atoms with E-state index in [1.165, 1.54) is 12.1 Å². The molecule has 1 aliphatic rings. The van der Waals surface area contributed by atoms with Gasteiger partial charge >= 0.3 is 0 Å². The van der Waals surface area contributed by atoms with E-state index in [9.17, 15) is 18.0 Å². The molecule has 0 bridgehead atoms. The van der Waals surface area contributed by atoms with Crippen molar-refractivity contribution in [1.82, 2.24) is 0 Å². The van der Waals surface area contributed by atoms with Crippen LogP contribution in [0.3, 0.4) is 0 Å². The number of sulfonamides is 1. The maximum absolute atomic E-state index is 12.6. The van der Waals surface area contributed by atoms with Gasteiger partial charge in [0.1, 0.15) is 0 Å². The average Bonchev–Trinajstić information content (AvgIpc) is 2.65. The van der Waals surface area contributed by atoms with Crippen molar-refractivity contribution >= 4 is 38.9 Å². The second kappa shape index (κ2) is 7.40. The average molecular weight is 387 g/mol. The van der Waals surface area contributed by atoms with Crippen molar-refractivity contribution in [3.05, 3.63) is 48.0 Å². The molecule has 0 saturated heterocycles. The van der Waals surface area contributed by atoms with Crippen molar-refractivity contribution in [3.63, 3.8) is 0 Å². The van der Waals surface area contributed by atoms with Gasteiger partial charge in [0.15, 0.2) is 0 Å². The van der Waals surface area contributed by atoms with Gasteiger partial charge in [0.05, 0.1) is 4.90 Å². The SMILES string of the molecule is CCC(=O)Nc1ccc(S(=O)(=O)Nc2ccc3c(c2)CCC(=O)N3C)cc1. The Kier molecular flexibility index (Phi) is 5.18. The van der Waals surface area contributed by atoms with Crippen LogP contribution in [0.2, 0.25) is 0 Å². The van der Waals surface area contributed by atoms with Gasteiger partial charge in [0, 0.05) is 37.0 Å². The Morgan fingerprint density at radius 3 is 2.41 bits per heavy atom. The third kappa shape index (κ3) is 4.11. The Labute approximate surface area is 158 Å². The molecule has 0 saturated carbocycles. The quantitative estimate of drug-likeness (QED) is 0.825. The zero-order chi connectivity index (χ0) is 19.6. The van der Waals surface area contributed by atoms with Gasteiger partial charge in [-0.25, -0.2) is 8.42 Å². The molecule has 3 rings (SSSR count). The molecule has 0 spiro atoms. The van der Waals surface area contributed by atoms with Gasteiger partial charge in [-0.1, -0.05) is 6.92 Å². The lowest BCUT2D eigenvalue weighted by atomic mass is 10.0. The minimum absolute atomic E-state index is 0.0473. The van der Waals surface area contributed by atoms with Crippen molar-refractivity contribution in [2.24, 2.45) is 0 Å². The number of hydrogen-bond acceptors (Lipinski definition) is 4. The second-order valence-electron chi connectivity index (χ2n) is 6.33. The summed E-state index contributed by atoms with van der Waals surface area (Å²) in [6.07, 6.45) is 1.34. The van der Waals surface area contributed by atoms with E-state index in [1.54, 1.807) is 49.2 Å². The van der Waals surface area contributed by atoms with Crippen LogP contribution in [0.4, 0.5) is 17.1 Å². The minimum Gasteiger partial charge on any atom is -0.326 e. The van der Waals surface area contributed by atoms with Gasteiger partial charge in [-0.15, -0.1) is 0 Å². The van der Waals surface area contributed by atoms with Gasteiger partial charge in [-0.3, -0.25) is 14.3 Å². The van der Waals surface area contributed by atoms with Gasteiger partial charge in [0.25, 0.3) is 10.0 Å². The maximum atomic E-state index is 12.6. The fourth-order valence-corrected chi connectivity index (χ4v) is 3.95. The van der Waals surface area contributed by atoms with Crippen LogP contribution in [0.15, 0.2) is 47.4 Å². The summed E-state index contributed by atoms with van der Waals surface area (Å²) in [5, 5.41) is 2.68. The standard InChI is InChI=1S/C19H21N3O4S/c1-3-18(23)20-14-5-8-16(9-6-14)27(25,26)21-15-7-10-17-13(12-15)4-11-19(24)22(17)2/h5-10,12,21H,3-4,11H2,1-2H3,(H,20,23). The van der Waals surface area contributed by atoms with Crippen molar-refractivity contribution in [2.45, 2.75) is 31.1 Å². The third-order valence-corrected chi connectivity index (χ3v) is 5.84. The molecule has 27 heavy (non-hydrogen) atoms. The number of benzene rings is 2. The predicted molar refractivity (Wildman–Crippen MR) is 104 cm³/mol. The molecule has 142 valence electrons. The van der Waals surface area contributed by atoms with Crippen LogP contribution in [-0.2, 0) is 26.0 Å². The van der Waals surface area contributed by atoms with E-state index in [0.29, 0.717) is 30.6 Å². The molecule has 2 aromatic carbocycles. The van der Waals surface area contributed by atoms with E-state index in [-0.39, 0.29) is 16.7 Å². The smallest absolute Gasteiger partial charge is 0.261 e. The highest BCUT2D eigenvalue weighted by molar-refractivity contribution is 7.92.